The number of nitrogens with zero attached hydrogens (tertiary/aromatic N) is 4. The topological polar surface area (TPSA) is 138 Å². The van der Waals surface area contributed by atoms with Gasteiger partial charge in [-0.1, -0.05) is 56.3 Å². The van der Waals surface area contributed by atoms with Crippen LogP contribution in [-0.2, 0) is 52.6 Å². The standard InChI is InChI=1S/C49H69BN6O8.2ClH/c1-33(2)60-26-25-56-42-19-18-36(50-63-48(6,7)49(8,9)64-50)27-38(42)40(29-47(4,5)32-62-45(57)41-17-14-20-52-53-41)44(56)39-28-37(30-51-43(39)34(3)59-10)54-21-23-55(24-22-54)46(58)61-31-35-15-12-11-13-16-35;;/h11-13,15-16,18-19,27-28,30,33-34,41,52-53H,14,17,20-26,29,31-32H2,1-10H3;2*1H/t34-,41-;;/m0../s1. The minimum atomic E-state index is -0.563. The summed E-state index contributed by atoms with van der Waals surface area (Å²) < 4.78 is 39.6. The Balaban J connectivity index is 0.00000408. The Hall–Kier alpha value is -3.93. The molecule has 3 fully saturated rings. The predicted molar refractivity (Wildman–Crippen MR) is 265 cm³/mol. The average Bonchev–Trinajstić information content (AvgIpc) is 3.70. The van der Waals surface area contributed by atoms with E-state index in [-0.39, 0.29) is 68.3 Å². The maximum absolute atomic E-state index is 13.3. The van der Waals surface area contributed by atoms with Gasteiger partial charge in [-0.25, -0.2) is 10.2 Å². The van der Waals surface area contributed by atoms with Crippen molar-refractivity contribution >= 4 is 66.0 Å². The van der Waals surface area contributed by atoms with Crippen molar-refractivity contribution in [2.45, 2.75) is 124 Å². The van der Waals surface area contributed by atoms with Gasteiger partial charge in [-0.2, -0.15) is 0 Å². The van der Waals surface area contributed by atoms with E-state index in [4.69, 9.17) is 33.2 Å². The number of nitrogens with one attached hydrogen (secondary N) is 2. The number of piperazine rings is 1. The molecule has 2 N–H and O–H groups in total. The molecule has 0 aliphatic carbocycles. The summed E-state index contributed by atoms with van der Waals surface area (Å²) in [6, 6.07) is 18.1. The Morgan fingerprint density at radius 2 is 1.65 bits per heavy atom. The largest absolute Gasteiger partial charge is 0.494 e. The van der Waals surface area contributed by atoms with Gasteiger partial charge in [0.05, 0.1) is 59.9 Å². The number of esters is 1. The van der Waals surface area contributed by atoms with Crippen LogP contribution in [-0.4, -0.2) is 110 Å². The SMILES string of the molecule is CO[C@@H](C)c1ncc(N2CCN(C(=O)OCc3ccccc3)CC2)cc1-c1c(CC(C)(C)COC(=O)[C@@H]2CCCNN2)c2cc(B3OC(C)(C)C(C)(C)O3)ccc2n1CCOC(C)C.Cl.Cl. The minimum absolute atomic E-state index is 0. The second kappa shape index (κ2) is 22.5. The zero-order chi connectivity index (χ0) is 45.8. The average molecular weight is 954 g/mol. The van der Waals surface area contributed by atoms with Crippen LogP contribution in [0.3, 0.4) is 0 Å². The summed E-state index contributed by atoms with van der Waals surface area (Å²) in [5.74, 6) is -0.255. The van der Waals surface area contributed by atoms with Gasteiger partial charge in [0.1, 0.15) is 12.6 Å². The second-order valence-electron chi connectivity index (χ2n) is 19.5. The molecular weight excluding hydrogens is 882 g/mol. The molecule has 0 spiro atoms. The Bertz CT molecular complexity index is 2230. The Morgan fingerprint density at radius 3 is 2.29 bits per heavy atom. The zero-order valence-electron chi connectivity index (χ0n) is 40.4. The third-order valence-corrected chi connectivity index (χ3v) is 13.1. The predicted octanol–water partition coefficient (Wildman–Crippen LogP) is 7.81. The molecular formula is C49H71BCl2N6O8. The Morgan fingerprint density at radius 1 is 0.955 bits per heavy atom. The number of pyridine rings is 1. The quantitative estimate of drug-likeness (QED) is 0.0838. The molecule has 1 amide bonds. The van der Waals surface area contributed by atoms with Gasteiger partial charge in [0.25, 0.3) is 0 Å². The van der Waals surface area contributed by atoms with Gasteiger partial charge < -0.3 is 42.6 Å². The molecule has 4 aromatic rings. The van der Waals surface area contributed by atoms with Crippen molar-refractivity contribution < 1.29 is 37.8 Å². The molecule has 0 saturated carbocycles. The number of rotatable bonds is 16. The molecule has 362 valence electrons. The summed E-state index contributed by atoms with van der Waals surface area (Å²) in [5, 5.41) is 1.05. The van der Waals surface area contributed by atoms with E-state index in [0.29, 0.717) is 45.8 Å². The summed E-state index contributed by atoms with van der Waals surface area (Å²) in [6.07, 6.45) is 3.51. The van der Waals surface area contributed by atoms with Gasteiger partial charge in [-0.3, -0.25) is 15.2 Å². The van der Waals surface area contributed by atoms with Crippen molar-refractivity contribution in [1.29, 1.82) is 0 Å². The van der Waals surface area contributed by atoms with Gasteiger partial charge in [0.2, 0.25) is 0 Å². The minimum Gasteiger partial charge on any atom is -0.464 e. The number of benzene rings is 2. The number of fused-ring (bicyclic) bond motifs is 1. The third kappa shape index (κ3) is 12.2. The molecule has 2 aromatic carbocycles. The molecule has 0 radical (unpaired) electrons. The first-order valence-electron chi connectivity index (χ1n) is 23.0. The lowest BCUT2D eigenvalue weighted by atomic mass is 9.77. The van der Waals surface area contributed by atoms with Crippen LogP contribution in [0.4, 0.5) is 10.5 Å². The monoisotopic (exact) mass is 952 g/mol. The molecule has 66 heavy (non-hydrogen) atoms. The number of halogens is 2. The first-order valence-corrected chi connectivity index (χ1v) is 23.0. The number of amides is 1. The number of anilines is 1. The van der Waals surface area contributed by atoms with E-state index < -0.39 is 23.7 Å². The number of hydrogen-bond donors (Lipinski definition) is 2. The van der Waals surface area contributed by atoms with Crippen molar-refractivity contribution in [2.75, 3.05) is 57.9 Å². The van der Waals surface area contributed by atoms with Crippen molar-refractivity contribution in [1.82, 2.24) is 25.3 Å². The first-order chi connectivity index (χ1) is 30.5. The van der Waals surface area contributed by atoms with E-state index in [1.807, 2.05) is 57.3 Å². The molecule has 17 heteroatoms. The summed E-state index contributed by atoms with van der Waals surface area (Å²) in [6.45, 7) is 23.3. The number of carbonyl (C=O) groups is 2. The van der Waals surface area contributed by atoms with Crippen molar-refractivity contribution in [3.63, 3.8) is 0 Å². The van der Waals surface area contributed by atoms with Crippen LogP contribution in [0, 0.1) is 5.41 Å². The lowest BCUT2D eigenvalue weighted by Gasteiger charge is -2.35. The summed E-state index contributed by atoms with van der Waals surface area (Å²) in [7, 11) is 1.14. The lowest BCUT2D eigenvalue weighted by molar-refractivity contribution is -0.150. The van der Waals surface area contributed by atoms with Gasteiger partial charge >= 0.3 is 19.2 Å². The molecule has 0 bridgehead atoms. The van der Waals surface area contributed by atoms with E-state index in [1.54, 1.807) is 12.0 Å². The molecule has 5 heterocycles. The van der Waals surface area contributed by atoms with Crippen LogP contribution < -0.4 is 21.2 Å². The molecule has 3 saturated heterocycles. The molecule has 7 rings (SSSR count). The fourth-order valence-electron chi connectivity index (χ4n) is 8.62. The van der Waals surface area contributed by atoms with E-state index in [0.717, 1.165) is 69.5 Å². The summed E-state index contributed by atoms with van der Waals surface area (Å²) >= 11 is 0. The Kier molecular flexibility index (Phi) is 18.0. The highest BCUT2D eigenvalue weighted by Crippen LogP contribution is 2.43. The van der Waals surface area contributed by atoms with Crippen molar-refractivity contribution in [2.24, 2.45) is 5.41 Å². The Labute approximate surface area is 404 Å². The smallest absolute Gasteiger partial charge is 0.464 e. The fourth-order valence-corrected chi connectivity index (χ4v) is 8.62. The van der Waals surface area contributed by atoms with Crippen LogP contribution in [0.5, 0.6) is 0 Å². The first kappa shape index (κ1) is 53.0. The molecule has 2 aromatic heterocycles. The van der Waals surface area contributed by atoms with Crippen LogP contribution in [0.15, 0.2) is 60.8 Å². The normalized spacial score (nSPS) is 18.8. The van der Waals surface area contributed by atoms with Crippen LogP contribution in [0.2, 0.25) is 0 Å². The van der Waals surface area contributed by atoms with Gasteiger partial charge in [0.15, 0.2) is 0 Å². The fraction of sp³-hybridized carbons (Fsp3) is 0.571. The highest BCUT2D eigenvalue weighted by molar-refractivity contribution is 6.62. The van der Waals surface area contributed by atoms with Crippen LogP contribution in [0.25, 0.3) is 22.2 Å². The van der Waals surface area contributed by atoms with Gasteiger partial charge in [-0.05, 0) is 96.5 Å². The number of aromatic nitrogens is 2. The van der Waals surface area contributed by atoms with E-state index in [9.17, 15) is 9.59 Å². The van der Waals surface area contributed by atoms with Gasteiger partial charge in [0, 0.05) is 68.3 Å². The second-order valence-corrected chi connectivity index (χ2v) is 19.5. The molecule has 2 atom stereocenters. The summed E-state index contributed by atoms with van der Waals surface area (Å²) in [4.78, 5) is 35.7. The lowest BCUT2D eigenvalue weighted by Crippen LogP contribution is -2.50. The highest BCUT2D eigenvalue weighted by atomic mass is 35.5. The molecule has 3 aliphatic heterocycles. The van der Waals surface area contributed by atoms with E-state index in [1.165, 1.54) is 0 Å². The number of hydrogen-bond acceptors (Lipinski definition) is 12. The van der Waals surface area contributed by atoms with Gasteiger partial charge in [-0.15, -0.1) is 24.8 Å². The summed E-state index contributed by atoms with van der Waals surface area (Å²) in [5.41, 5.74) is 12.4. The van der Waals surface area contributed by atoms with Crippen molar-refractivity contribution in [3.05, 3.63) is 77.6 Å². The zero-order valence-corrected chi connectivity index (χ0v) is 42.1. The number of hydrazine groups is 1. The van der Waals surface area contributed by atoms with Crippen LogP contribution >= 0.6 is 24.8 Å². The molecule has 14 nitrogen and oxygen atoms in total. The number of ether oxygens (including phenoxy) is 4. The number of methoxy groups -OCH3 is 1. The maximum Gasteiger partial charge on any atom is 0.494 e. The third-order valence-electron chi connectivity index (χ3n) is 13.1. The molecule has 3 aliphatic rings. The highest BCUT2D eigenvalue weighted by Gasteiger charge is 2.52. The maximum atomic E-state index is 13.3. The van der Waals surface area contributed by atoms with E-state index >= 15 is 0 Å². The van der Waals surface area contributed by atoms with Crippen LogP contribution in [0.1, 0.15) is 98.1 Å². The van der Waals surface area contributed by atoms with Crippen molar-refractivity contribution in [3.8, 4) is 11.3 Å². The number of carbonyl (C=O) groups excluding carboxylic acids is 2. The van der Waals surface area contributed by atoms with E-state index in [2.05, 4.69) is 86.1 Å². The molecule has 0 unspecified atom stereocenters.